The molecule has 1 aliphatic carbocycles. The third-order valence-corrected chi connectivity index (χ3v) is 4.72. The van der Waals surface area contributed by atoms with Gasteiger partial charge < -0.3 is 21.3 Å². The number of nitrogens with zero attached hydrogens (tertiary/aromatic N) is 2. The van der Waals surface area contributed by atoms with Crippen LogP contribution in [-0.4, -0.2) is 89.2 Å². The molecule has 9 heteroatoms. The lowest BCUT2D eigenvalue weighted by Gasteiger charge is -2.44. The fraction of sp³-hybridized carbons (Fsp3) is 0.833. The molecule has 1 fully saturated rings. The van der Waals surface area contributed by atoms with Gasteiger partial charge in [0.15, 0.2) is 0 Å². The van der Waals surface area contributed by atoms with Crippen LogP contribution in [0.15, 0.2) is 0 Å². The minimum Gasteiger partial charge on any atom is -0.480 e. The van der Waals surface area contributed by atoms with E-state index in [-0.39, 0.29) is 43.5 Å². The van der Waals surface area contributed by atoms with Crippen LogP contribution in [0.3, 0.4) is 0 Å². The molecule has 0 spiro atoms. The lowest BCUT2D eigenvalue weighted by atomic mass is 9.87. The van der Waals surface area contributed by atoms with E-state index >= 15 is 0 Å². The van der Waals surface area contributed by atoms with Crippen LogP contribution in [0.5, 0.6) is 0 Å². The van der Waals surface area contributed by atoms with Crippen LogP contribution in [0, 0.1) is 5.92 Å². The average molecular weight is 386 g/mol. The van der Waals surface area contributed by atoms with Crippen LogP contribution in [0.2, 0.25) is 0 Å². The summed E-state index contributed by atoms with van der Waals surface area (Å²) in [7, 11) is 0. The summed E-state index contributed by atoms with van der Waals surface area (Å²) >= 11 is 0. The van der Waals surface area contributed by atoms with Gasteiger partial charge in [0.05, 0.1) is 19.6 Å². The first kappa shape index (κ1) is 23.3. The number of hydrogen-bond donors (Lipinski definition) is 4. The number of nitrogens with one attached hydrogen (secondary N) is 1. The molecule has 0 aromatic heterocycles. The largest absolute Gasteiger partial charge is 0.480 e. The first-order valence-corrected chi connectivity index (χ1v) is 9.63. The third-order valence-electron chi connectivity index (χ3n) is 4.72. The van der Waals surface area contributed by atoms with Gasteiger partial charge in [-0.25, -0.2) is 0 Å². The van der Waals surface area contributed by atoms with Crippen LogP contribution in [0.4, 0.5) is 0 Å². The highest BCUT2D eigenvalue weighted by molar-refractivity contribution is 5.79. The van der Waals surface area contributed by atoms with Crippen molar-refractivity contribution in [2.45, 2.75) is 51.6 Å². The Labute approximate surface area is 160 Å². The Morgan fingerprint density at radius 1 is 1.00 bits per heavy atom. The summed E-state index contributed by atoms with van der Waals surface area (Å²) in [4.78, 5) is 38.5. The molecule has 0 aromatic rings. The summed E-state index contributed by atoms with van der Waals surface area (Å²) in [5, 5.41) is 21.3. The minimum absolute atomic E-state index is 0.0317. The fourth-order valence-corrected chi connectivity index (χ4v) is 3.82. The van der Waals surface area contributed by atoms with Gasteiger partial charge in [-0.15, -0.1) is 0 Å². The zero-order chi connectivity index (χ0) is 20.4. The molecule has 2 atom stereocenters. The quantitative estimate of drug-likeness (QED) is 0.362. The van der Waals surface area contributed by atoms with Crippen molar-refractivity contribution in [3.05, 3.63) is 0 Å². The number of hydrogen-bond acceptors (Lipinski definition) is 6. The van der Waals surface area contributed by atoms with E-state index in [9.17, 15) is 24.6 Å². The summed E-state index contributed by atoms with van der Waals surface area (Å²) in [5.74, 6) is -1.88. The Hall–Kier alpha value is -1.71. The Morgan fingerprint density at radius 2 is 1.52 bits per heavy atom. The number of carbonyl (C=O) groups excluding carboxylic acids is 1. The predicted octanol–water partition coefficient (Wildman–Crippen LogP) is -0.198. The Morgan fingerprint density at radius 3 is 2.00 bits per heavy atom. The van der Waals surface area contributed by atoms with Crippen LogP contribution in [-0.2, 0) is 14.4 Å². The molecule has 27 heavy (non-hydrogen) atoms. The van der Waals surface area contributed by atoms with Crippen LogP contribution < -0.4 is 11.1 Å². The number of carboxylic acids is 2. The zero-order valence-corrected chi connectivity index (χ0v) is 16.4. The van der Waals surface area contributed by atoms with Crippen molar-refractivity contribution >= 4 is 17.8 Å². The molecule has 0 heterocycles. The highest BCUT2D eigenvalue weighted by atomic mass is 16.4. The number of aliphatic carboxylic acids is 2. The molecule has 0 unspecified atom stereocenters. The molecule has 5 N–H and O–H groups in total. The number of carbonyl (C=O) groups is 3. The lowest BCUT2D eigenvalue weighted by molar-refractivity contribution is -0.143. The Balaban J connectivity index is 3.00. The minimum atomic E-state index is -1.00. The summed E-state index contributed by atoms with van der Waals surface area (Å²) in [6.07, 6.45) is 3.45. The third kappa shape index (κ3) is 8.68. The lowest BCUT2D eigenvalue weighted by Crippen LogP contribution is -2.57. The highest BCUT2D eigenvalue weighted by Gasteiger charge is 2.36. The van der Waals surface area contributed by atoms with Crippen LogP contribution in [0.1, 0.15) is 39.5 Å². The number of amides is 1. The molecule has 1 rings (SSSR count). The summed E-state index contributed by atoms with van der Waals surface area (Å²) < 4.78 is 0. The molecule has 156 valence electrons. The molecular weight excluding hydrogens is 352 g/mol. The second kappa shape index (κ2) is 11.9. The summed E-state index contributed by atoms with van der Waals surface area (Å²) in [6, 6.07) is -0.254. The predicted molar refractivity (Wildman–Crippen MR) is 101 cm³/mol. The maximum Gasteiger partial charge on any atom is 0.317 e. The van der Waals surface area contributed by atoms with Gasteiger partial charge in [0.25, 0.3) is 0 Å². The molecule has 0 aliphatic heterocycles. The molecular formula is C18H34N4O5. The fourth-order valence-electron chi connectivity index (χ4n) is 3.82. The van der Waals surface area contributed by atoms with Gasteiger partial charge in [-0.1, -0.05) is 26.7 Å². The molecule has 9 nitrogen and oxygen atoms in total. The van der Waals surface area contributed by atoms with Gasteiger partial charge in [-0.05, 0) is 18.8 Å². The van der Waals surface area contributed by atoms with Crippen molar-refractivity contribution in [1.29, 1.82) is 0 Å². The van der Waals surface area contributed by atoms with Gasteiger partial charge in [-0.3, -0.25) is 24.2 Å². The maximum atomic E-state index is 12.2. The van der Waals surface area contributed by atoms with Crippen molar-refractivity contribution in [3.63, 3.8) is 0 Å². The van der Waals surface area contributed by atoms with Crippen molar-refractivity contribution in [2.75, 3.05) is 39.3 Å². The van der Waals surface area contributed by atoms with Crippen LogP contribution >= 0.6 is 0 Å². The van der Waals surface area contributed by atoms with E-state index in [1.807, 2.05) is 18.7 Å². The Kier molecular flexibility index (Phi) is 10.3. The molecule has 0 bridgehead atoms. The monoisotopic (exact) mass is 386 g/mol. The standard InChI is InChI=1S/C18H34N4O5/c1-13(2)9-21(11-17(24)25)14-5-3-4-6-15(14)22(12-18(26)27)10-16(23)20-8-7-19/h13-15H,3-12,19H2,1-2H3,(H,20,23)(H,24,25)(H,26,27)/t14-,15-/m1/s1. The first-order chi connectivity index (χ1) is 12.7. The molecule has 1 saturated carbocycles. The SMILES string of the molecule is CC(C)CN(CC(=O)O)[C@@H]1CCCC[C@H]1N(CC(=O)O)CC(=O)NCCN. The van der Waals surface area contributed by atoms with E-state index < -0.39 is 11.9 Å². The van der Waals surface area contributed by atoms with E-state index in [1.165, 1.54) is 0 Å². The second-order valence-electron chi connectivity index (χ2n) is 7.57. The van der Waals surface area contributed by atoms with E-state index in [0.29, 0.717) is 19.6 Å². The van der Waals surface area contributed by atoms with E-state index in [0.717, 1.165) is 25.7 Å². The van der Waals surface area contributed by atoms with Crippen LogP contribution in [0.25, 0.3) is 0 Å². The van der Waals surface area contributed by atoms with Gasteiger partial charge in [0.1, 0.15) is 0 Å². The van der Waals surface area contributed by atoms with Crippen molar-refractivity contribution in [1.82, 2.24) is 15.1 Å². The van der Waals surface area contributed by atoms with E-state index in [4.69, 9.17) is 5.73 Å². The average Bonchev–Trinajstić information content (AvgIpc) is 2.57. The normalized spacial score (nSPS) is 20.2. The van der Waals surface area contributed by atoms with E-state index in [1.54, 1.807) is 4.90 Å². The Bertz CT molecular complexity index is 500. The van der Waals surface area contributed by atoms with Gasteiger partial charge in [0.2, 0.25) is 5.91 Å². The topological polar surface area (TPSA) is 136 Å². The van der Waals surface area contributed by atoms with E-state index in [2.05, 4.69) is 5.32 Å². The zero-order valence-electron chi connectivity index (χ0n) is 16.4. The summed E-state index contributed by atoms with van der Waals surface area (Å²) in [5.41, 5.74) is 5.40. The summed E-state index contributed by atoms with van der Waals surface area (Å²) in [6.45, 7) is 4.97. The molecule has 0 saturated heterocycles. The first-order valence-electron chi connectivity index (χ1n) is 9.63. The van der Waals surface area contributed by atoms with Crippen molar-refractivity contribution in [2.24, 2.45) is 11.7 Å². The van der Waals surface area contributed by atoms with Crippen molar-refractivity contribution < 1.29 is 24.6 Å². The maximum absolute atomic E-state index is 12.2. The smallest absolute Gasteiger partial charge is 0.317 e. The van der Waals surface area contributed by atoms with Gasteiger partial charge in [0, 0.05) is 31.7 Å². The number of carboxylic acid groups (broad SMARTS) is 2. The second-order valence-corrected chi connectivity index (χ2v) is 7.57. The molecule has 0 radical (unpaired) electrons. The molecule has 1 aliphatic rings. The van der Waals surface area contributed by atoms with Crippen molar-refractivity contribution in [3.8, 4) is 0 Å². The number of nitrogens with two attached hydrogens (primary N) is 1. The van der Waals surface area contributed by atoms with Gasteiger partial charge in [-0.2, -0.15) is 0 Å². The molecule has 0 aromatic carbocycles. The number of rotatable bonds is 12. The van der Waals surface area contributed by atoms with Gasteiger partial charge >= 0.3 is 11.9 Å². The molecule has 1 amide bonds. The highest BCUT2D eigenvalue weighted by Crippen LogP contribution is 2.28.